The van der Waals surface area contributed by atoms with E-state index in [1.54, 1.807) is 16.7 Å². The van der Waals surface area contributed by atoms with Gasteiger partial charge in [-0.05, 0) is 5.56 Å². The molecule has 94 valence electrons. The Labute approximate surface area is 109 Å². The lowest BCUT2D eigenvalue weighted by Gasteiger charge is -2.41. The molecule has 0 saturated carbocycles. The minimum absolute atomic E-state index is 0.306. The Kier molecular flexibility index (Phi) is 2.66. The number of thioether (sulfide) groups is 1. The first-order chi connectivity index (χ1) is 8.70. The molecule has 2 heterocycles. The third-order valence-corrected chi connectivity index (χ3v) is 4.48. The number of fused-ring (bicyclic) bond motifs is 1. The highest BCUT2D eigenvalue weighted by atomic mass is 32.2. The lowest BCUT2D eigenvalue weighted by molar-refractivity contribution is 0.140. The average molecular weight is 263 g/mol. The number of benzene rings is 1. The summed E-state index contributed by atoms with van der Waals surface area (Å²) >= 11 is 1.61. The van der Waals surface area contributed by atoms with Gasteiger partial charge in [-0.1, -0.05) is 30.3 Å². The van der Waals surface area contributed by atoms with E-state index in [1.165, 1.54) is 0 Å². The van der Waals surface area contributed by atoms with Crippen LogP contribution >= 0.6 is 11.8 Å². The van der Waals surface area contributed by atoms with Crippen LogP contribution in [0.2, 0.25) is 0 Å². The van der Waals surface area contributed by atoms with Crippen LogP contribution in [0.1, 0.15) is 5.56 Å². The molecule has 2 saturated heterocycles. The molecule has 0 unspecified atom stereocenters. The number of rotatable bonds is 2. The van der Waals surface area contributed by atoms with Gasteiger partial charge in [0, 0.05) is 18.7 Å². The minimum atomic E-state index is -0.624. The number of urea groups is 2. The zero-order valence-corrected chi connectivity index (χ0v) is 10.5. The van der Waals surface area contributed by atoms with E-state index in [2.05, 4.69) is 10.6 Å². The molecule has 1 aromatic rings. The van der Waals surface area contributed by atoms with E-state index in [4.69, 9.17) is 0 Å². The van der Waals surface area contributed by atoms with Crippen molar-refractivity contribution in [3.05, 3.63) is 35.9 Å². The van der Waals surface area contributed by atoms with Crippen LogP contribution in [0.25, 0.3) is 0 Å². The van der Waals surface area contributed by atoms with Crippen molar-refractivity contribution in [3.8, 4) is 0 Å². The molecule has 0 radical (unpaired) electrons. The Morgan fingerprint density at radius 2 is 2.06 bits per heavy atom. The summed E-state index contributed by atoms with van der Waals surface area (Å²) < 4.78 is 0. The molecule has 1 aromatic carbocycles. The maximum atomic E-state index is 11.8. The predicted octanol–water partition coefficient (Wildman–Crippen LogP) is 1.36. The summed E-state index contributed by atoms with van der Waals surface area (Å²) in [7, 11) is 0. The second-order valence-electron chi connectivity index (χ2n) is 4.33. The fraction of sp³-hybridized carbons (Fsp3) is 0.333. The number of amides is 4. The third-order valence-electron chi connectivity index (χ3n) is 3.15. The first kappa shape index (κ1) is 11.4. The van der Waals surface area contributed by atoms with Crippen LogP contribution in [0.3, 0.4) is 0 Å². The summed E-state index contributed by atoms with van der Waals surface area (Å²) in [6, 6.07) is 9.16. The van der Waals surface area contributed by atoms with E-state index in [0.717, 1.165) is 11.3 Å². The summed E-state index contributed by atoms with van der Waals surface area (Å²) in [6.45, 7) is 0.656. The van der Waals surface area contributed by atoms with E-state index in [0.29, 0.717) is 13.0 Å². The Morgan fingerprint density at radius 1 is 1.28 bits per heavy atom. The summed E-state index contributed by atoms with van der Waals surface area (Å²) in [5.74, 6) is 0.834. The molecule has 6 heteroatoms. The van der Waals surface area contributed by atoms with E-state index < -0.39 is 11.0 Å². The quantitative estimate of drug-likeness (QED) is 0.847. The van der Waals surface area contributed by atoms with E-state index >= 15 is 0 Å². The van der Waals surface area contributed by atoms with Crippen molar-refractivity contribution in [1.29, 1.82) is 0 Å². The van der Waals surface area contributed by atoms with E-state index in [1.807, 2.05) is 30.3 Å². The smallest absolute Gasteiger partial charge is 0.305 e. The van der Waals surface area contributed by atoms with Crippen LogP contribution < -0.4 is 10.6 Å². The van der Waals surface area contributed by atoms with Crippen molar-refractivity contribution in [2.24, 2.45) is 0 Å². The molecule has 0 bridgehead atoms. The summed E-state index contributed by atoms with van der Waals surface area (Å²) in [6.07, 6.45) is 0.623. The van der Waals surface area contributed by atoms with Gasteiger partial charge in [-0.2, -0.15) is 0 Å². The minimum Gasteiger partial charge on any atom is -0.305 e. The summed E-state index contributed by atoms with van der Waals surface area (Å²) in [5, 5.41) is 5.17. The lowest BCUT2D eigenvalue weighted by Crippen LogP contribution is -2.68. The molecule has 0 aromatic heterocycles. The van der Waals surface area contributed by atoms with Crippen molar-refractivity contribution < 1.29 is 9.59 Å². The molecular formula is C12H13N3O2S. The number of imide groups is 1. The predicted molar refractivity (Wildman–Crippen MR) is 69.1 cm³/mol. The van der Waals surface area contributed by atoms with Crippen molar-refractivity contribution in [2.75, 3.05) is 12.3 Å². The van der Waals surface area contributed by atoms with Crippen LogP contribution in [-0.2, 0) is 6.42 Å². The molecule has 18 heavy (non-hydrogen) atoms. The van der Waals surface area contributed by atoms with Gasteiger partial charge < -0.3 is 5.32 Å². The average Bonchev–Trinajstić information content (AvgIpc) is 2.73. The largest absolute Gasteiger partial charge is 0.328 e. The van der Waals surface area contributed by atoms with Gasteiger partial charge >= 0.3 is 12.1 Å². The maximum absolute atomic E-state index is 11.8. The second kappa shape index (κ2) is 4.20. The highest BCUT2D eigenvalue weighted by Crippen LogP contribution is 2.37. The molecule has 4 amide bonds. The van der Waals surface area contributed by atoms with E-state index in [-0.39, 0.29) is 6.03 Å². The molecule has 5 nitrogen and oxygen atoms in total. The van der Waals surface area contributed by atoms with Crippen molar-refractivity contribution in [3.63, 3.8) is 0 Å². The fourth-order valence-corrected chi connectivity index (χ4v) is 3.75. The first-order valence-corrected chi connectivity index (χ1v) is 6.77. The molecule has 2 aliphatic rings. The number of nitrogens with one attached hydrogen (secondary N) is 2. The van der Waals surface area contributed by atoms with Gasteiger partial charge in [-0.15, -0.1) is 11.8 Å². The molecular weight excluding hydrogens is 250 g/mol. The standard InChI is InChI=1S/C12H13N3O2S/c16-10-13-11(17)15-6-7-18-12(15,14-10)8-9-4-2-1-3-5-9/h1-5H,6-8H2,(H2,13,14,16,17)/t12-/m0/s1. The highest BCUT2D eigenvalue weighted by molar-refractivity contribution is 8.00. The summed E-state index contributed by atoms with van der Waals surface area (Å²) in [4.78, 5) is 24.4. The van der Waals surface area contributed by atoms with Gasteiger partial charge in [-0.3, -0.25) is 10.2 Å². The van der Waals surface area contributed by atoms with Crippen molar-refractivity contribution in [2.45, 2.75) is 11.4 Å². The maximum Gasteiger partial charge on any atom is 0.328 e. The van der Waals surface area contributed by atoms with Gasteiger partial charge in [0.2, 0.25) is 0 Å². The van der Waals surface area contributed by atoms with Crippen LogP contribution in [0.4, 0.5) is 9.59 Å². The van der Waals surface area contributed by atoms with E-state index in [9.17, 15) is 9.59 Å². The Bertz CT molecular complexity index is 493. The van der Waals surface area contributed by atoms with Crippen LogP contribution in [-0.4, -0.2) is 34.3 Å². The normalized spacial score (nSPS) is 26.6. The number of carbonyl (C=O) groups is 2. The van der Waals surface area contributed by atoms with Crippen molar-refractivity contribution in [1.82, 2.24) is 15.5 Å². The number of nitrogens with zero attached hydrogens (tertiary/aromatic N) is 1. The molecule has 0 spiro atoms. The van der Waals surface area contributed by atoms with Gasteiger partial charge in [-0.25, -0.2) is 9.59 Å². The van der Waals surface area contributed by atoms with Crippen molar-refractivity contribution >= 4 is 23.8 Å². The molecule has 2 aliphatic heterocycles. The van der Waals surface area contributed by atoms with Gasteiger partial charge in [0.1, 0.15) is 0 Å². The Hall–Kier alpha value is -1.69. The lowest BCUT2D eigenvalue weighted by atomic mass is 10.1. The summed E-state index contributed by atoms with van der Waals surface area (Å²) in [5.41, 5.74) is 1.10. The Balaban J connectivity index is 1.91. The zero-order valence-electron chi connectivity index (χ0n) is 9.68. The van der Waals surface area contributed by atoms with Crippen LogP contribution in [0.5, 0.6) is 0 Å². The van der Waals surface area contributed by atoms with Gasteiger partial charge in [0.05, 0.1) is 0 Å². The Morgan fingerprint density at radius 3 is 2.83 bits per heavy atom. The number of hydrogen-bond acceptors (Lipinski definition) is 3. The third kappa shape index (κ3) is 1.82. The van der Waals surface area contributed by atoms with Gasteiger partial charge in [0.15, 0.2) is 4.99 Å². The number of hydrogen-bond donors (Lipinski definition) is 2. The highest BCUT2D eigenvalue weighted by Gasteiger charge is 2.49. The zero-order chi connectivity index (χ0) is 12.6. The monoisotopic (exact) mass is 263 g/mol. The topological polar surface area (TPSA) is 61.4 Å². The molecule has 3 rings (SSSR count). The first-order valence-electron chi connectivity index (χ1n) is 5.78. The van der Waals surface area contributed by atoms with Crippen LogP contribution in [0.15, 0.2) is 30.3 Å². The van der Waals surface area contributed by atoms with Gasteiger partial charge in [0.25, 0.3) is 0 Å². The number of carbonyl (C=O) groups excluding carboxylic acids is 2. The molecule has 1 atom stereocenters. The SMILES string of the molecule is O=C1NC(=O)N2CCS[C@@]2(Cc2ccccc2)N1. The molecule has 0 aliphatic carbocycles. The fourth-order valence-electron chi connectivity index (χ4n) is 2.37. The molecule has 2 N–H and O–H groups in total. The molecule has 2 fully saturated rings. The van der Waals surface area contributed by atoms with Crippen LogP contribution in [0, 0.1) is 0 Å². The second-order valence-corrected chi connectivity index (χ2v) is 5.70.